The Hall–Kier alpha value is -1.97. The highest BCUT2D eigenvalue weighted by atomic mass is 35.5. The summed E-state index contributed by atoms with van der Waals surface area (Å²) in [5, 5.41) is -0.184. The molecule has 1 fully saturated rings. The van der Waals surface area contributed by atoms with E-state index in [0.717, 1.165) is 18.1 Å². The first-order valence-electron chi connectivity index (χ1n) is 9.60. The van der Waals surface area contributed by atoms with Crippen molar-refractivity contribution in [1.29, 1.82) is 0 Å². The average Bonchev–Trinajstić information content (AvgIpc) is 2.77. The number of Topliss-reactive ketones (excluding diaryl/α,β-unsaturated/α-hetero) is 1. The largest absolute Gasteiger partial charge is 0.454 e. The van der Waals surface area contributed by atoms with Crippen molar-refractivity contribution in [3.8, 4) is 0 Å². The van der Waals surface area contributed by atoms with E-state index in [-0.39, 0.29) is 52.6 Å². The van der Waals surface area contributed by atoms with E-state index in [1.54, 1.807) is 12.1 Å². The number of benzene rings is 2. The maximum absolute atomic E-state index is 12.9. The number of carbonyl (C=O) groups is 2. The second-order valence-electron chi connectivity index (χ2n) is 6.83. The first kappa shape index (κ1) is 23.7. The molecule has 2 aromatic rings. The van der Waals surface area contributed by atoms with Gasteiger partial charge < -0.3 is 9.47 Å². The van der Waals surface area contributed by atoms with E-state index < -0.39 is 22.6 Å². The molecule has 0 aliphatic carbocycles. The van der Waals surface area contributed by atoms with Gasteiger partial charge in [0, 0.05) is 18.7 Å². The third-order valence-corrected chi connectivity index (χ3v) is 7.52. The Labute approximate surface area is 190 Å². The fourth-order valence-electron chi connectivity index (χ4n) is 3.03. The van der Waals surface area contributed by atoms with Crippen molar-refractivity contribution in [1.82, 2.24) is 4.31 Å². The Morgan fingerprint density at radius 1 is 1.06 bits per heavy atom. The lowest BCUT2D eigenvalue weighted by Gasteiger charge is -2.26. The van der Waals surface area contributed by atoms with Gasteiger partial charge in [-0.15, -0.1) is 0 Å². The van der Waals surface area contributed by atoms with Crippen molar-refractivity contribution in [2.24, 2.45) is 0 Å². The number of sulfonamides is 1. The molecule has 0 bridgehead atoms. The molecule has 2 aromatic carbocycles. The Bertz CT molecular complexity index is 1080. The highest BCUT2D eigenvalue weighted by molar-refractivity contribution is 7.89. The van der Waals surface area contributed by atoms with Crippen LogP contribution in [-0.2, 0) is 25.9 Å². The Balaban J connectivity index is 1.77. The zero-order chi connectivity index (χ0) is 22.6. The highest BCUT2D eigenvalue weighted by Gasteiger charge is 2.30. The number of hydrogen-bond donors (Lipinski definition) is 0. The van der Waals surface area contributed by atoms with Gasteiger partial charge in [-0.3, -0.25) is 4.79 Å². The minimum Gasteiger partial charge on any atom is -0.454 e. The van der Waals surface area contributed by atoms with Crippen molar-refractivity contribution in [2.75, 3.05) is 32.9 Å². The number of ether oxygens (including phenoxy) is 2. The predicted molar refractivity (Wildman–Crippen MR) is 116 cm³/mol. The molecule has 0 N–H and O–H groups in total. The molecule has 0 aromatic heterocycles. The molecular weight excluding hydrogens is 465 g/mol. The number of nitrogens with zero attached hydrogens (tertiary/aromatic N) is 1. The van der Waals surface area contributed by atoms with Crippen LogP contribution in [0.15, 0.2) is 41.3 Å². The van der Waals surface area contributed by atoms with E-state index in [4.69, 9.17) is 32.7 Å². The van der Waals surface area contributed by atoms with E-state index in [2.05, 4.69) is 0 Å². The Morgan fingerprint density at radius 2 is 1.71 bits per heavy atom. The lowest BCUT2D eigenvalue weighted by atomic mass is 10.1. The van der Waals surface area contributed by atoms with Crippen molar-refractivity contribution in [3.63, 3.8) is 0 Å². The number of esters is 1. The quantitative estimate of drug-likeness (QED) is 0.439. The number of hydrogen-bond acceptors (Lipinski definition) is 6. The third-order valence-electron chi connectivity index (χ3n) is 4.85. The first-order valence-corrected chi connectivity index (χ1v) is 11.8. The molecule has 31 heavy (non-hydrogen) atoms. The summed E-state index contributed by atoms with van der Waals surface area (Å²) in [5.41, 5.74) is 1.30. The van der Waals surface area contributed by atoms with Crippen molar-refractivity contribution in [2.45, 2.75) is 18.2 Å². The van der Waals surface area contributed by atoms with Crippen LogP contribution in [0.5, 0.6) is 0 Å². The minimum atomic E-state index is -3.96. The van der Waals surface area contributed by atoms with Crippen LogP contribution < -0.4 is 0 Å². The number of halogens is 2. The summed E-state index contributed by atoms with van der Waals surface area (Å²) in [6.45, 7) is 2.37. The van der Waals surface area contributed by atoms with E-state index in [1.807, 2.05) is 19.1 Å². The summed E-state index contributed by atoms with van der Waals surface area (Å²) < 4.78 is 37.4. The topological polar surface area (TPSA) is 90.0 Å². The molecule has 0 radical (unpaired) electrons. The second-order valence-corrected chi connectivity index (χ2v) is 9.55. The van der Waals surface area contributed by atoms with Crippen LogP contribution in [0.4, 0.5) is 0 Å². The van der Waals surface area contributed by atoms with E-state index in [1.165, 1.54) is 10.4 Å². The molecule has 1 saturated heterocycles. The van der Waals surface area contributed by atoms with Crippen LogP contribution in [0, 0.1) is 0 Å². The number of morpholine rings is 1. The van der Waals surface area contributed by atoms with Gasteiger partial charge in [-0.2, -0.15) is 4.31 Å². The molecule has 1 aliphatic rings. The van der Waals surface area contributed by atoms with Gasteiger partial charge in [0.2, 0.25) is 10.0 Å². The van der Waals surface area contributed by atoms with Crippen molar-refractivity contribution >= 4 is 45.0 Å². The molecule has 0 spiro atoms. The molecule has 166 valence electrons. The monoisotopic (exact) mass is 485 g/mol. The summed E-state index contributed by atoms with van der Waals surface area (Å²) in [4.78, 5) is 24.6. The first-order chi connectivity index (χ1) is 14.7. The number of ketones is 1. The second kappa shape index (κ2) is 10.1. The van der Waals surface area contributed by atoms with Gasteiger partial charge in [0.1, 0.15) is 4.90 Å². The molecule has 0 amide bonds. The van der Waals surface area contributed by atoms with Crippen molar-refractivity contribution in [3.05, 3.63) is 63.1 Å². The smallest absolute Gasteiger partial charge is 0.340 e. The SMILES string of the molecule is CCc1ccc(C(=O)COC(=O)c2cc(S(=O)(=O)N3CCOCC3)c(Cl)cc2Cl)cc1. The average molecular weight is 486 g/mol. The molecule has 1 heterocycles. The van der Waals surface area contributed by atoms with E-state index >= 15 is 0 Å². The molecule has 0 saturated carbocycles. The van der Waals surface area contributed by atoms with Crippen LogP contribution in [0.25, 0.3) is 0 Å². The predicted octanol–water partition coefficient (Wildman–Crippen LogP) is 3.62. The molecular formula is C21H21Cl2NO6S. The molecule has 0 atom stereocenters. The molecule has 7 nitrogen and oxygen atoms in total. The molecule has 0 unspecified atom stereocenters. The van der Waals surface area contributed by atoms with Gasteiger partial charge in [0.05, 0.1) is 28.8 Å². The summed E-state index contributed by atoms with van der Waals surface area (Å²) in [5.74, 6) is -1.30. The fourth-order valence-corrected chi connectivity index (χ4v) is 5.26. The molecule has 3 rings (SSSR count). The minimum absolute atomic E-state index is 0.0734. The van der Waals surface area contributed by atoms with E-state index in [0.29, 0.717) is 5.56 Å². The van der Waals surface area contributed by atoms with Crippen LogP contribution in [-0.4, -0.2) is 57.4 Å². The summed E-state index contributed by atoms with van der Waals surface area (Å²) in [6.07, 6.45) is 0.841. The lowest BCUT2D eigenvalue weighted by Crippen LogP contribution is -2.40. The van der Waals surface area contributed by atoms with Crippen LogP contribution in [0.1, 0.15) is 33.2 Å². The zero-order valence-corrected chi connectivity index (χ0v) is 19.1. The standard InChI is InChI=1S/C21H21Cl2NO6S/c1-2-14-3-5-15(6-4-14)19(25)13-30-21(26)16-11-20(18(23)12-17(16)22)31(27,28)24-7-9-29-10-8-24/h3-6,11-12H,2,7-10,13H2,1H3. The number of carbonyl (C=O) groups excluding carboxylic acids is 2. The Morgan fingerprint density at radius 3 is 2.32 bits per heavy atom. The van der Waals surface area contributed by atoms with Gasteiger partial charge in [-0.1, -0.05) is 54.4 Å². The molecule has 10 heteroatoms. The van der Waals surface area contributed by atoms with Gasteiger partial charge in [-0.25, -0.2) is 13.2 Å². The third kappa shape index (κ3) is 5.45. The van der Waals surface area contributed by atoms with Gasteiger partial charge in [-0.05, 0) is 24.1 Å². The number of aryl methyl sites for hydroxylation is 1. The van der Waals surface area contributed by atoms with Gasteiger partial charge >= 0.3 is 5.97 Å². The molecule has 1 aliphatic heterocycles. The zero-order valence-electron chi connectivity index (χ0n) is 16.8. The van der Waals surface area contributed by atoms with E-state index in [9.17, 15) is 18.0 Å². The maximum Gasteiger partial charge on any atom is 0.340 e. The summed E-state index contributed by atoms with van der Waals surface area (Å²) in [7, 11) is -3.96. The van der Waals surface area contributed by atoms with Crippen LogP contribution in [0.3, 0.4) is 0 Å². The van der Waals surface area contributed by atoms with Crippen LogP contribution >= 0.6 is 23.2 Å². The Kier molecular flexibility index (Phi) is 7.72. The van der Waals surface area contributed by atoms with Crippen LogP contribution in [0.2, 0.25) is 10.0 Å². The normalized spacial score (nSPS) is 14.9. The lowest BCUT2D eigenvalue weighted by molar-refractivity contribution is 0.0474. The highest BCUT2D eigenvalue weighted by Crippen LogP contribution is 2.31. The summed E-state index contributed by atoms with van der Waals surface area (Å²) in [6, 6.07) is 9.24. The summed E-state index contributed by atoms with van der Waals surface area (Å²) >= 11 is 12.2. The maximum atomic E-state index is 12.9. The van der Waals surface area contributed by atoms with Gasteiger partial charge in [0.25, 0.3) is 0 Å². The van der Waals surface area contributed by atoms with Crippen molar-refractivity contribution < 1.29 is 27.5 Å². The van der Waals surface area contributed by atoms with Gasteiger partial charge in [0.15, 0.2) is 12.4 Å². The fraction of sp³-hybridized carbons (Fsp3) is 0.333. The number of rotatable bonds is 7.